The van der Waals surface area contributed by atoms with Gasteiger partial charge >= 0.3 is 6.03 Å². The van der Waals surface area contributed by atoms with Crippen molar-refractivity contribution >= 4 is 41.0 Å². The molecule has 2 N–H and O–H groups in total. The third kappa shape index (κ3) is 5.73. The van der Waals surface area contributed by atoms with E-state index in [0.29, 0.717) is 52.4 Å². The molecule has 3 saturated carbocycles. The molecule has 42 heavy (non-hydrogen) atoms. The summed E-state index contributed by atoms with van der Waals surface area (Å²) in [7, 11) is 3.10. The summed E-state index contributed by atoms with van der Waals surface area (Å²) in [4.78, 5) is 39.3. The molecule has 3 aliphatic carbocycles. The number of fused-ring (bicyclic) bond motifs is 1. The number of rotatable bonds is 10. The molecule has 0 saturated heterocycles. The van der Waals surface area contributed by atoms with Gasteiger partial charge in [-0.25, -0.2) is 9.78 Å². The number of urea groups is 1. The average Bonchev–Trinajstić information content (AvgIpc) is 3.79. The van der Waals surface area contributed by atoms with Crippen molar-refractivity contribution in [3.63, 3.8) is 0 Å². The van der Waals surface area contributed by atoms with Gasteiger partial charge in [-0.2, -0.15) is 4.98 Å². The molecule has 0 radical (unpaired) electrons. The first-order valence-corrected chi connectivity index (χ1v) is 15.3. The van der Waals surface area contributed by atoms with Gasteiger partial charge in [0.05, 0.1) is 26.5 Å². The van der Waals surface area contributed by atoms with E-state index in [-0.39, 0.29) is 30.6 Å². The predicted octanol–water partition coefficient (Wildman–Crippen LogP) is 5.56. The van der Waals surface area contributed by atoms with Crippen LogP contribution in [0, 0.1) is 17.8 Å². The zero-order valence-corrected chi connectivity index (χ0v) is 25.0. The zero-order valence-electron chi connectivity index (χ0n) is 24.3. The van der Waals surface area contributed by atoms with Crippen molar-refractivity contribution in [3.8, 4) is 11.5 Å². The number of anilines is 3. The molecule has 3 fully saturated rings. The van der Waals surface area contributed by atoms with Crippen LogP contribution in [0.15, 0.2) is 31.0 Å². The second-order valence-electron chi connectivity index (χ2n) is 12.0. The Morgan fingerprint density at radius 2 is 1.93 bits per heavy atom. The Morgan fingerprint density at radius 3 is 2.60 bits per heavy atom. The molecule has 4 aliphatic rings. The highest BCUT2D eigenvalue weighted by atomic mass is 35.5. The van der Waals surface area contributed by atoms with Crippen LogP contribution in [0.2, 0.25) is 5.02 Å². The number of nitrogens with zero attached hydrogens (tertiary/aromatic N) is 4. The second kappa shape index (κ2) is 12.0. The molecular formula is C31H39ClN6O4. The smallest absolute Gasteiger partial charge is 0.330 e. The molecule has 2 heterocycles. The lowest BCUT2D eigenvalue weighted by Gasteiger charge is -2.43. The number of hydrogen-bond donors (Lipinski definition) is 2. The number of carbonyl (C=O) groups excluding carboxylic acids is 2. The summed E-state index contributed by atoms with van der Waals surface area (Å²) in [5, 5.41) is 7.01. The number of aromatic nitrogens is 2. The molecule has 1 aromatic heterocycles. The van der Waals surface area contributed by atoms with Gasteiger partial charge in [0.1, 0.15) is 22.3 Å². The average molecular weight is 595 g/mol. The summed E-state index contributed by atoms with van der Waals surface area (Å²) in [6.45, 7) is 4.46. The fourth-order valence-electron chi connectivity index (χ4n) is 6.50. The number of halogens is 1. The van der Waals surface area contributed by atoms with E-state index in [1.165, 1.54) is 32.4 Å². The van der Waals surface area contributed by atoms with E-state index in [1.807, 2.05) is 0 Å². The number of nitrogens with one attached hydrogen (secondary N) is 2. The van der Waals surface area contributed by atoms with E-state index in [9.17, 15) is 9.59 Å². The summed E-state index contributed by atoms with van der Waals surface area (Å²) in [5.41, 5.74) is 1.34. The van der Waals surface area contributed by atoms with Crippen molar-refractivity contribution in [2.75, 3.05) is 35.9 Å². The molecule has 224 valence electrons. The number of carbonyl (C=O) groups is 2. The standard InChI is InChI=1S/C31H39ClN6O4/c1-4-27(39)34-23-11-10-20(19-6-5-7-19)12-24(23)35-30-33-15-21-17-37(25-13-22(41-2)14-26(42-3)28(25)32)31(40)38(29(21)36-30)16-18-8-9-18/h4,13-15,18-20,23-24H,1,5-12,16-17H2,2-3H3,(H,34,39)(H,33,35,36). The Bertz CT molecular complexity index is 1360. The van der Waals surface area contributed by atoms with Gasteiger partial charge in [0.2, 0.25) is 11.9 Å². The maximum absolute atomic E-state index is 14.0. The topological polar surface area (TPSA) is 109 Å². The van der Waals surface area contributed by atoms with Crippen molar-refractivity contribution in [1.29, 1.82) is 0 Å². The van der Waals surface area contributed by atoms with Gasteiger partial charge in [0.15, 0.2) is 0 Å². The van der Waals surface area contributed by atoms with E-state index < -0.39 is 0 Å². The molecule has 3 atom stereocenters. The van der Waals surface area contributed by atoms with Gasteiger partial charge in [-0.3, -0.25) is 14.6 Å². The van der Waals surface area contributed by atoms with Crippen LogP contribution in [0.1, 0.15) is 56.9 Å². The third-order valence-corrected chi connectivity index (χ3v) is 9.68. The van der Waals surface area contributed by atoms with Crippen LogP contribution in [0.3, 0.4) is 0 Å². The molecule has 1 aromatic carbocycles. The summed E-state index contributed by atoms with van der Waals surface area (Å²) in [5.74, 6) is 3.70. The van der Waals surface area contributed by atoms with Crippen LogP contribution in [-0.4, -0.2) is 54.8 Å². The Labute approximate surface area is 251 Å². The second-order valence-corrected chi connectivity index (χ2v) is 12.3. The minimum absolute atomic E-state index is 0.0120. The fourth-order valence-corrected chi connectivity index (χ4v) is 6.79. The molecule has 0 bridgehead atoms. The number of methoxy groups -OCH3 is 2. The Balaban J connectivity index is 1.29. The lowest BCUT2D eigenvalue weighted by Crippen LogP contribution is -2.51. The molecule has 6 rings (SSSR count). The molecule has 1 aliphatic heterocycles. The molecule has 11 heteroatoms. The largest absolute Gasteiger partial charge is 0.497 e. The number of ether oxygens (including phenoxy) is 2. The van der Waals surface area contributed by atoms with Gasteiger partial charge in [-0.15, -0.1) is 0 Å². The van der Waals surface area contributed by atoms with E-state index in [4.69, 9.17) is 31.0 Å². The van der Waals surface area contributed by atoms with Crippen LogP contribution in [0.4, 0.5) is 22.2 Å². The number of amides is 3. The van der Waals surface area contributed by atoms with Crippen molar-refractivity contribution in [3.05, 3.63) is 41.6 Å². The molecule has 10 nitrogen and oxygen atoms in total. The normalized spacial score (nSPS) is 24.0. The van der Waals surface area contributed by atoms with Crippen LogP contribution in [0.25, 0.3) is 0 Å². The highest BCUT2D eigenvalue weighted by molar-refractivity contribution is 6.35. The van der Waals surface area contributed by atoms with E-state index in [0.717, 1.165) is 43.6 Å². The summed E-state index contributed by atoms with van der Waals surface area (Å²) >= 11 is 6.70. The molecule has 0 spiro atoms. The number of benzene rings is 1. The van der Waals surface area contributed by atoms with Crippen LogP contribution < -0.4 is 29.9 Å². The van der Waals surface area contributed by atoms with E-state index in [2.05, 4.69) is 17.2 Å². The van der Waals surface area contributed by atoms with Crippen molar-refractivity contribution < 1.29 is 19.1 Å². The van der Waals surface area contributed by atoms with Gasteiger partial charge in [-0.05, 0) is 55.9 Å². The Kier molecular flexibility index (Phi) is 8.16. The summed E-state index contributed by atoms with van der Waals surface area (Å²) in [6.07, 6.45) is 12.1. The first-order chi connectivity index (χ1) is 20.4. The molecule has 3 unspecified atom stereocenters. The highest BCUT2D eigenvalue weighted by Crippen LogP contribution is 2.44. The molecular weight excluding hydrogens is 556 g/mol. The SMILES string of the molecule is C=CC(=O)NC1CCC(C2CCC2)CC1Nc1ncc2c(n1)N(CC1CC1)C(=O)N(c1cc(OC)cc(OC)c1Cl)C2. The van der Waals surface area contributed by atoms with E-state index in [1.54, 1.807) is 35.2 Å². The third-order valence-electron chi connectivity index (χ3n) is 9.30. The van der Waals surface area contributed by atoms with Gasteiger partial charge in [-0.1, -0.05) is 37.4 Å². The highest BCUT2D eigenvalue weighted by Gasteiger charge is 2.40. The molecule has 2 aromatic rings. The van der Waals surface area contributed by atoms with Crippen LogP contribution in [-0.2, 0) is 11.3 Å². The fraction of sp³-hybridized carbons (Fsp3) is 0.548. The summed E-state index contributed by atoms with van der Waals surface area (Å²) < 4.78 is 10.9. The minimum atomic E-state index is -0.199. The predicted molar refractivity (Wildman–Crippen MR) is 162 cm³/mol. The Hall–Kier alpha value is -3.53. The first kappa shape index (κ1) is 28.6. The lowest BCUT2D eigenvalue weighted by molar-refractivity contribution is -0.117. The van der Waals surface area contributed by atoms with Crippen molar-refractivity contribution in [2.24, 2.45) is 17.8 Å². The monoisotopic (exact) mass is 594 g/mol. The minimum Gasteiger partial charge on any atom is -0.497 e. The maximum atomic E-state index is 14.0. The first-order valence-electron chi connectivity index (χ1n) is 14.9. The van der Waals surface area contributed by atoms with Gasteiger partial charge in [0.25, 0.3) is 0 Å². The van der Waals surface area contributed by atoms with Crippen LogP contribution in [0.5, 0.6) is 11.5 Å². The number of hydrogen-bond acceptors (Lipinski definition) is 7. The van der Waals surface area contributed by atoms with Gasteiger partial charge in [0, 0.05) is 42.5 Å². The lowest BCUT2D eigenvalue weighted by atomic mass is 9.68. The van der Waals surface area contributed by atoms with Crippen molar-refractivity contribution in [2.45, 2.75) is 70.0 Å². The summed E-state index contributed by atoms with van der Waals surface area (Å²) in [6, 6.07) is 3.19. The van der Waals surface area contributed by atoms with Crippen LogP contribution >= 0.6 is 11.6 Å². The quantitative estimate of drug-likeness (QED) is 0.347. The Morgan fingerprint density at radius 1 is 1.12 bits per heavy atom. The maximum Gasteiger partial charge on any atom is 0.330 e. The molecule has 3 amide bonds. The van der Waals surface area contributed by atoms with Crippen molar-refractivity contribution in [1.82, 2.24) is 15.3 Å². The van der Waals surface area contributed by atoms with E-state index >= 15 is 0 Å². The zero-order chi connectivity index (χ0) is 29.4. The van der Waals surface area contributed by atoms with Gasteiger partial charge < -0.3 is 20.1 Å².